The first kappa shape index (κ1) is 13.5. The second-order valence-electron chi connectivity index (χ2n) is 5.52. The Hall–Kier alpha value is -1.16. The van der Waals surface area contributed by atoms with E-state index >= 15 is 0 Å². The Morgan fingerprint density at radius 1 is 1.05 bits per heavy atom. The maximum atomic E-state index is 3.58. The van der Waals surface area contributed by atoms with Crippen molar-refractivity contribution in [3.8, 4) is 0 Å². The fraction of sp³-hybridized carbons (Fsp3) is 0.222. The molecule has 106 valence electrons. The number of nitrogens with one attached hydrogen (secondary N) is 1. The second kappa shape index (κ2) is 5.24. The summed E-state index contributed by atoms with van der Waals surface area (Å²) in [7, 11) is 2.04. The summed E-state index contributed by atoms with van der Waals surface area (Å²) in [5.74, 6) is 0. The fourth-order valence-electron chi connectivity index (χ4n) is 3.46. The van der Waals surface area contributed by atoms with E-state index in [4.69, 9.17) is 0 Å². The summed E-state index contributed by atoms with van der Waals surface area (Å²) in [4.78, 5) is 1.35. The average molecular weight is 358 g/mol. The Bertz CT molecular complexity index is 811. The monoisotopic (exact) mass is 357 g/mol. The van der Waals surface area contributed by atoms with Crippen LogP contribution in [0.2, 0.25) is 0 Å². The largest absolute Gasteiger partial charge is 0.309 e. The number of rotatable bonds is 3. The molecule has 0 saturated heterocycles. The van der Waals surface area contributed by atoms with Crippen LogP contribution in [0.25, 0.3) is 10.8 Å². The SMILES string of the molecule is CNC(c1ccc(Br)s1)c1ccc2c3c(cccc13)CC2. The zero-order valence-electron chi connectivity index (χ0n) is 11.8. The summed E-state index contributed by atoms with van der Waals surface area (Å²) in [6, 6.07) is 16.0. The van der Waals surface area contributed by atoms with Crippen LogP contribution in [0.15, 0.2) is 46.3 Å². The van der Waals surface area contributed by atoms with Gasteiger partial charge in [-0.3, -0.25) is 0 Å². The molecule has 1 atom stereocenters. The lowest BCUT2D eigenvalue weighted by Gasteiger charge is -2.18. The predicted molar refractivity (Wildman–Crippen MR) is 94.3 cm³/mol. The van der Waals surface area contributed by atoms with Crippen molar-refractivity contribution in [3.05, 3.63) is 67.8 Å². The van der Waals surface area contributed by atoms with Gasteiger partial charge in [-0.25, -0.2) is 0 Å². The molecule has 0 fully saturated rings. The highest BCUT2D eigenvalue weighted by Gasteiger charge is 2.21. The van der Waals surface area contributed by atoms with Crippen LogP contribution in [0.4, 0.5) is 0 Å². The zero-order valence-corrected chi connectivity index (χ0v) is 14.2. The molecule has 1 unspecified atom stereocenters. The number of halogens is 1. The minimum absolute atomic E-state index is 0.256. The summed E-state index contributed by atoms with van der Waals surface area (Å²) in [5.41, 5.74) is 4.40. The van der Waals surface area contributed by atoms with Crippen LogP contribution in [0.1, 0.15) is 27.6 Å². The number of hydrogen-bond acceptors (Lipinski definition) is 2. The van der Waals surface area contributed by atoms with Gasteiger partial charge < -0.3 is 5.32 Å². The minimum atomic E-state index is 0.256. The first-order valence-electron chi connectivity index (χ1n) is 7.24. The van der Waals surface area contributed by atoms with Gasteiger partial charge in [-0.1, -0.05) is 30.3 Å². The molecule has 1 aromatic heterocycles. The van der Waals surface area contributed by atoms with Gasteiger partial charge in [0.1, 0.15) is 0 Å². The van der Waals surface area contributed by atoms with Crippen LogP contribution >= 0.6 is 27.3 Å². The van der Waals surface area contributed by atoms with Crippen molar-refractivity contribution < 1.29 is 0 Å². The molecule has 1 aliphatic carbocycles. The third-order valence-corrected chi connectivity index (χ3v) is 6.08. The van der Waals surface area contributed by atoms with Crippen molar-refractivity contribution in [1.29, 1.82) is 0 Å². The average Bonchev–Trinajstić information content (AvgIpc) is 3.10. The molecule has 4 rings (SSSR count). The van der Waals surface area contributed by atoms with Gasteiger partial charge in [-0.2, -0.15) is 0 Å². The lowest BCUT2D eigenvalue weighted by atomic mass is 9.95. The number of hydrogen-bond donors (Lipinski definition) is 1. The molecular formula is C18H16BrNS. The molecule has 0 aliphatic heterocycles. The Balaban J connectivity index is 1.94. The highest BCUT2D eigenvalue weighted by atomic mass is 79.9. The van der Waals surface area contributed by atoms with Crippen LogP contribution in [-0.2, 0) is 12.8 Å². The van der Waals surface area contributed by atoms with E-state index in [0.29, 0.717) is 0 Å². The molecule has 1 nitrogen and oxygen atoms in total. The molecule has 0 bridgehead atoms. The standard InChI is InChI=1S/C18H16BrNS/c1-20-18(15-9-10-16(19)21-15)14-8-7-12-6-5-11-3-2-4-13(14)17(11)12/h2-4,7-10,18,20H,5-6H2,1H3. The molecule has 0 spiro atoms. The third-order valence-electron chi connectivity index (χ3n) is 4.39. The van der Waals surface area contributed by atoms with E-state index in [9.17, 15) is 0 Å². The molecule has 3 aromatic rings. The second-order valence-corrected chi connectivity index (χ2v) is 8.01. The number of thiophene rings is 1. The Morgan fingerprint density at radius 3 is 2.57 bits per heavy atom. The van der Waals surface area contributed by atoms with Gasteiger partial charge >= 0.3 is 0 Å². The summed E-state index contributed by atoms with van der Waals surface area (Å²) >= 11 is 5.38. The first-order chi connectivity index (χ1) is 10.3. The molecular weight excluding hydrogens is 342 g/mol. The lowest BCUT2D eigenvalue weighted by Crippen LogP contribution is -2.16. The summed E-state index contributed by atoms with van der Waals surface area (Å²) < 4.78 is 1.18. The molecule has 0 radical (unpaired) electrons. The van der Waals surface area contributed by atoms with Gasteiger partial charge in [0.15, 0.2) is 0 Å². The molecule has 1 heterocycles. The Kier molecular flexibility index (Phi) is 3.37. The van der Waals surface area contributed by atoms with Crippen molar-refractivity contribution >= 4 is 38.0 Å². The summed E-state index contributed by atoms with van der Waals surface area (Å²) in [6.45, 7) is 0. The quantitative estimate of drug-likeness (QED) is 0.689. The van der Waals surface area contributed by atoms with Gasteiger partial charge in [-0.05, 0) is 75.4 Å². The number of aryl methyl sites for hydroxylation is 2. The molecule has 3 heteroatoms. The highest BCUT2D eigenvalue weighted by molar-refractivity contribution is 9.11. The Morgan fingerprint density at radius 2 is 1.86 bits per heavy atom. The summed E-state index contributed by atoms with van der Waals surface area (Å²) in [5, 5.41) is 6.39. The van der Waals surface area contributed by atoms with Gasteiger partial charge in [0.05, 0.1) is 9.83 Å². The van der Waals surface area contributed by atoms with E-state index in [1.807, 2.05) is 7.05 Å². The smallest absolute Gasteiger partial charge is 0.0702 e. The lowest BCUT2D eigenvalue weighted by molar-refractivity contribution is 0.709. The minimum Gasteiger partial charge on any atom is -0.309 e. The van der Waals surface area contributed by atoms with Crippen LogP contribution in [0, 0.1) is 0 Å². The third kappa shape index (κ3) is 2.15. The van der Waals surface area contributed by atoms with E-state index in [2.05, 4.69) is 63.7 Å². The maximum Gasteiger partial charge on any atom is 0.0702 e. The van der Waals surface area contributed by atoms with Crippen molar-refractivity contribution in [3.63, 3.8) is 0 Å². The van der Waals surface area contributed by atoms with Crippen LogP contribution in [0.3, 0.4) is 0 Å². The highest BCUT2D eigenvalue weighted by Crippen LogP contribution is 2.38. The van der Waals surface area contributed by atoms with Crippen LogP contribution in [-0.4, -0.2) is 7.05 Å². The van der Waals surface area contributed by atoms with Gasteiger partial charge in [0, 0.05) is 4.88 Å². The molecule has 0 saturated carbocycles. The molecule has 1 aliphatic rings. The van der Waals surface area contributed by atoms with Crippen LogP contribution < -0.4 is 5.32 Å². The van der Waals surface area contributed by atoms with Crippen molar-refractivity contribution in [2.75, 3.05) is 7.05 Å². The maximum absolute atomic E-state index is 3.58. The fourth-order valence-corrected chi connectivity index (χ4v) is 5.01. The van der Waals surface area contributed by atoms with Gasteiger partial charge in [-0.15, -0.1) is 11.3 Å². The molecule has 0 amide bonds. The van der Waals surface area contributed by atoms with Gasteiger partial charge in [0.25, 0.3) is 0 Å². The van der Waals surface area contributed by atoms with Gasteiger partial charge in [0.2, 0.25) is 0 Å². The van der Waals surface area contributed by atoms with E-state index in [0.717, 1.165) is 0 Å². The first-order valence-corrected chi connectivity index (χ1v) is 8.85. The summed E-state index contributed by atoms with van der Waals surface area (Å²) in [6.07, 6.45) is 2.37. The van der Waals surface area contributed by atoms with Crippen LogP contribution in [0.5, 0.6) is 0 Å². The molecule has 1 N–H and O–H groups in total. The zero-order chi connectivity index (χ0) is 14.4. The van der Waals surface area contributed by atoms with E-state index < -0.39 is 0 Å². The van der Waals surface area contributed by atoms with E-state index in [1.54, 1.807) is 11.3 Å². The number of benzene rings is 2. The molecule has 2 aromatic carbocycles. The topological polar surface area (TPSA) is 12.0 Å². The predicted octanol–water partition coefficient (Wildman–Crippen LogP) is 5.07. The van der Waals surface area contributed by atoms with E-state index in [-0.39, 0.29) is 6.04 Å². The van der Waals surface area contributed by atoms with Crippen molar-refractivity contribution in [2.24, 2.45) is 0 Å². The normalized spacial score (nSPS) is 14.8. The van der Waals surface area contributed by atoms with Crippen molar-refractivity contribution in [2.45, 2.75) is 18.9 Å². The van der Waals surface area contributed by atoms with Crippen molar-refractivity contribution in [1.82, 2.24) is 5.32 Å². The Labute approximate surface area is 137 Å². The van der Waals surface area contributed by atoms with E-state index in [1.165, 1.54) is 49.0 Å². The molecule has 21 heavy (non-hydrogen) atoms.